The minimum Gasteiger partial charge on any atom is -0.441 e. The van der Waals surface area contributed by atoms with E-state index in [4.69, 9.17) is 4.74 Å². The van der Waals surface area contributed by atoms with Crippen LogP contribution in [0.15, 0.2) is 53.3 Å². The molecule has 0 aliphatic carbocycles. The van der Waals surface area contributed by atoms with Crippen LogP contribution < -0.4 is 5.56 Å². The standard InChI is InChI=1S/C21H18N4O5S/c1-31-11-10-17(25-19(27)13-6-2-3-7-14(13)20(25)28)21(29)30-12-24-18(26)15-8-4-5-9-16(15)22-23-24/h2-9,17H,10-12H2,1H3. The molecule has 2 amide bonds. The molecule has 1 atom stereocenters. The van der Waals surface area contributed by atoms with Crippen LogP contribution >= 0.6 is 11.8 Å². The second-order valence-electron chi connectivity index (χ2n) is 6.83. The number of esters is 1. The van der Waals surface area contributed by atoms with Gasteiger partial charge in [0, 0.05) is 0 Å². The molecule has 1 unspecified atom stereocenters. The van der Waals surface area contributed by atoms with E-state index in [9.17, 15) is 19.2 Å². The summed E-state index contributed by atoms with van der Waals surface area (Å²) in [6, 6.07) is 12.0. The van der Waals surface area contributed by atoms with E-state index in [0.717, 1.165) is 9.58 Å². The van der Waals surface area contributed by atoms with Gasteiger partial charge in [-0.2, -0.15) is 16.4 Å². The first-order valence-corrected chi connectivity index (χ1v) is 10.9. The fourth-order valence-electron chi connectivity index (χ4n) is 3.40. The van der Waals surface area contributed by atoms with Crippen molar-refractivity contribution < 1.29 is 19.1 Å². The second-order valence-corrected chi connectivity index (χ2v) is 7.81. The summed E-state index contributed by atoms with van der Waals surface area (Å²) >= 11 is 1.48. The number of carbonyl (C=O) groups is 3. The molecule has 10 heteroatoms. The van der Waals surface area contributed by atoms with Gasteiger partial charge in [0.15, 0.2) is 6.73 Å². The number of nitrogens with zero attached hydrogens (tertiary/aromatic N) is 4. The number of carbonyl (C=O) groups excluding carboxylic acids is 3. The number of amides is 2. The Morgan fingerprint density at radius 1 is 1.03 bits per heavy atom. The third kappa shape index (κ3) is 3.81. The van der Waals surface area contributed by atoms with Crippen molar-refractivity contribution in [2.45, 2.75) is 19.2 Å². The predicted octanol–water partition coefficient (Wildman–Crippen LogP) is 1.71. The third-order valence-electron chi connectivity index (χ3n) is 4.96. The maximum absolute atomic E-state index is 12.9. The van der Waals surface area contributed by atoms with Crippen LogP contribution in [-0.2, 0) is 16.3 Å². The molecular formula is C21H18N4O5S. The molecule has 4 rings (SSSR count). The van der Waals surface area contributed by atoms with Crippen LogP contribution in [0.5, 0.6) is 0 Å². The van der Waals surface area contributed by atoms with Gasteiger partial charge in [-0.1, -0.05) is 29.5 Å². The monoisotopic (exact) mass is 438 g/mol. The van der Waals surface area contributed by atoms with Crippen LogP contribution in [0.25, 0.3) is 10.9 Å². The van der Waals surface area contributed by atoms with Crippen LogP contribution in [0.3, 0.4) is 0 Å². The van der Waals surface area contributed by atoms with Gasteiger partial charge in [-0.15, -0.1) is 5.10 Å². The normalized spacial score (nSPS) is 14.0. The summed E-state index contributed by atoms with van der Waals surface area (Å²) in [7, 11) is 0. The highest BCUT2D eigenvalue weighted by atomic mass is 32.2. The Labute approximate surface area is 181 Å². The highest BCUT2D eigenvalue weighted by molar-refractivity contribution is 7.98. The molecule has 3 aromatic rings. The minimum atomic E-state index is -1.11. The molecule has 0 N–H and O–H groups in total. The van der Waals surface area contributed by atoms with Crippen molar-refractivity contribution >= 4 is 40.4 Å². The zero-order valence-corrected chi connectivity index (χ0v) is 17.4. The first kappa shape index (κ1) is 20.7. The van der Waals surface area contributed by atoms with Gasteiger partial charge in [0.1, 0.15) is 11.6 Å². The molecule has 1 aromatic heterocycles. The van der Waals surface area contributed by atoms with E-state index in [1.54, 1.807) is 48.5 Å². The zero-order valence-electron chi connectivity index (χ0n) is 16.6. The van der Waals surface area contributed by atoms with Crippen molar-refractivity contribution in [1.82, 2.24) is 19.9 Å². The van der Waals surface area contributed by atoms with Gasteiger partial charge >= 0.3 is 5.97 Å². The van der Waals surface area contributed by atoms with Gasteiger partial charge in [0.25, 0.3) is 17.4 Å². The van der Waals surface area contributed by atoms with Crippen molar-refractivity contribution in [3.8, 4) is 0 Å². The Kier molecular flexibility index (Phi) is 5.81. The first-order valence-electron chi connectivity index (χ1n) is 9.48. The van der Waals surface area contributed by atoms with Crippen LogP contribution in [-0.4, -0.2) is 55.7 Å². The lowest BCUT2D eigenvalue weighted by Gasteiger charge is -2.24. The van der Waals surface area contributed by atoms with Gasteiger partial charge in [-0.3, -0.25) is 19.3 Å². The molecule has 1 aliphatic rings. The van der Waals surface area contributed by atoms with Crippen LogP contribution in [0.4, 0.5) is 0 Å². The highest BCUT2D eigenvalue weighted by Gasteiger charge is 2.43. The van der Waals surface area contributed by atoms with E-state index in [2.05, 4.69) is 10.3 Å². The van der Waals surface area contributed by atoms with Gasteiger partial charge in [-0.05, 0) is 42.7 Å². The molecule has 0 saturated heterocycles. The number of rotatable bonds is 7. The summed E-state index contributed by atoms with van der Waals surface area (Å²) in [5, 5.41) is 8.07. The average molecular weight is 438 g/mol. The molecule has 31 heavy (non-hydrogen) atoms. The summed E-state index contributed by atoms with van der Waals surface area (Å²) in [4.78, 5) is 52.0. The van der Waals surface area contributed by atoms with Gasteiger partial charge in [0.05, 0.1) is 16.5 Å². The van der Waals surface area contributed by atoms with Crippen molar-refractivity contribution in [2.75, 3.05) is 12.0 Å². The number of benzene rings is 2. The SMILES string of the molecule is CSCCC(C(=O)OCn1nnc2ccccc2c1=O)N1C(=O)c2ccccc2C1=O. The molecular weight excluding hydrogens is 420 g/mol. The second kappa shape index (κ2) is 8.68. The van der Waals surface area contributed by atoms with E-state index >= 15 is 0 Å². The number of thioether (sulfide) groups is 1. The van der Waals surface area contributed by atoms with Crippen molar-refractivity contribution in [3.63, 3.8) is 0 Å². The largest absolute Gasteiger partial charge is 0.441 e. The van der Waals surface area contributed by atoms with Gasteiger partial charge in [0.2, 0.25) is 0 Å². The Bertz CT molecular complexity index is 1210. The van der Waals surface area contributed by atoms with Crippen molar-refractivity contribution in [2.24, 2.45) is 0 Å². The number of imide groups is 1. The first-order chi connectivity index (χ1) is 15.0. The maximum Gasteiger partial charge on any atom is 0.331 e. The maximum atomic E-state index is 12.9. The summed E-state index contributed by atoms with van der Waals surface area (Å²) in [6.45, 7) is -0.478. The van der Waals surface area contributed by atoms with Crippen LogP contribution in [0.1, 0.15) is 27.1 Å². The molecule has 0 spiro atoms. The summed E-state index contributed by atoms with van der Waals surface area (Å²) in [5.74, 6) is -1.33. The van der Waals surface area contributed by atoms with Crippen LogP contribution in [0.2, 0.25) is 0 Å². The molecule has 0 saturated carbocycles. The van der Waals surface area contributed by atoms with E-state index in [-0.39, 0.29) is 17.5 Å². The highest BCUT2D eigenvalue weighted by Crippen LogP contribution is 2.26. The zero-order chi connectivity index (χ0) is 22.0. The summed E-state index contributed by atoms with van der Waals surface area (Å²) in [6.07, 6.45) is 2.08. The van der Waals surface area contributed by atoms with E-state index < -0.39 is 36.1 Å². The molecule has 0 fully saturated rings. The molecule has 158 valence electrons. The molecule has 2 heterocycles. The molecule has 2 aromatic carbocycles. The van der Waals surface area contributed by atoms with Crippen molar-refractivity contribution in [1.29, 1.82) is 0 Å². The Morgan fingerprint density at radius 2 is 1.68 bits per heavy atom. The molecule has 0 radical (unpaired) electrons. The summed E-state index contributed by atoms with van der Waals surface area (Å²) in [5.41, 5.74) is 0.482. The number of aromatic nitrogens is 3. The fourth-order valence-corrected chi connectivity index (χ4v) is 3.86. The Balaban J connectivity index is 1.56. The van der Waals surface area contributed by atoms with Gasteiger partial charge in [-0.25, -0.2) is 4.79 Å². The molecule has 1 aliphatic heterocycles. The van der Waals surface area contributed by atoms with Crippen LogP contribution in [0, 0.1) is 0 Å². The average Bonchev–Trinajstić information content (AvgIpc) is 3.04. The molecule has 0 bridgehead atoms. The Hall–Kier alpha value is -3.53. The quantitative estimate of drug-likeness (QED) is 0.405. The Morgan fingerprint density at radius 3 is 2.35 bits per heavy atom. The number of hydrogen-bond acceptors (Lipinski definition) is 8. The number of hydrogen-bond donors (Lipinski definition) is 0. The van der Waals surface area contributed by atoms with E-state index in [1.165, 1.54) is 11.8 Å². The minimum absolute atomic E-state index is 0.226. The van der Waals surface area contributed by atoms with E-state index in [1.807, 2.05) is 6.26 Å². The smallest absolute Gasteiger partial charge is 0.331 e. The van der Waals surface area contributed by atoms with E-state index in [0.29, 0.717) is 16.7 Å². The summed E-state index contributed by atoms with van der Waals surface area (Å²) < 4.78 is 6.22. The topological polar surface area (TPSA) is 111 Å². The lowest BCUT2D eigenvalue weighted by Crippen LogP contribution is -2.46. The number of ether oxygens (including phenoxy) is 1. The fraction of sp³-hybridized carbons (Fsp3) is 0.238. The third-order valence-corrected chi connectivity index (χ3v) is 5.61. The molecule has 9 nitrogen and oxygen atoms in total. The predicted molar refractivity (Wildman–Crippen MR) is 114 cm³/mol. The van der Waals surface area contributed by atoms with Crippen molar-refractivity contribution in [3.05, 3.63) is 70.0 Å². The lowest BCUT2D eigenvalue weighted by atomic mass is 10.1. The van der Waals surface area contributed by atoms with Gasteiger partial charge < -0.3 is 4.74 Å². The lowest BCUT2D eigenvalue weighted by molar-refractivity contribution is -0.153. The number of fused-ring (bicyclic) bond motifs is 2.